The molecule has 0 N–H and O–H groups in total. The van der Waals surface area contributed by atoms with Crippen LogP contribution in [0.4, 0.5) is 5.82 Å². The number of likely N-dealkylation sites (tertiary alicyclic amines) is 1. The molecule has 140 valence electrons. The third-order valence-electron chi connectivity index (χ3n) is 4.52. The van der Waals surface area contributed by atoms with Gasteiger partial charge in [-0.15, -0.1) is 11.3 Å². The molecule has 26 heavy (non-hydrogen) atoms. The van der Waals surface area contributed by atoms with Gasteiger partial charge < -0.3 is 14.5 Å². The van der Waals surface area contributed by atoms with Gasteiger partial charge in [-0.1, -0.05) is 0 Å². The van der Waals surface area contributed by atoms with E-state index in [0.717, 1.165) is 40.9 Å². The predicted octanol–water partition coefficient (Wildman–Crippen LogP) is 2.69. The second-order valence-corrected chi connectivity index (χ2v) is 7.49. The Morgan fingerprint density at radius 1 is 1.31 bits per heavy atom. The van der Waals surface area contributed by atoms with Crippen LogP contribution >= 0.6 is 11.3 Å². The zero-order valence-electron chi connectivity index (χ0n) is 15.7. The molecule has 1 saturated heterocycles. The molecule has 2 aromatic heterocycles. The molecule has 8 heteroatoms. The van der Waals surface area contributed by atoms with Gasteiger partial charge in [-0.3, -0.25) is 4.79 Å². The van der Waals surface area contributed by atoms with E-state index in [1.165, 1.54) is 11.3 Å². The number of aryl methyl sites for hydroxylation is 2. The lowest BCUT2D eigenvalue weighted by atomic mass is 10.3. The first kappa shape index (κ1) is 18.6. The smallest absolute Gasteiger partial charge is 0.265 e. The lowest BCUT2D eigenvalue weighted by Crippen LogP contribution is -2.31. The molecule has 0 radical (unpaired) electrons. The molecule has 0 aromatic carbocycles. The fraction of sp³-hybridized carbons (Fsp3) is 0.556. The topological polar surface area (TPSA) is 71.5 Å². The maximum absolute atomic E-state index is 12.8. The van der Waals surface area contributed by atoms with Crippen LogP contribution in [0.3, 0.4) is 0 Å². The van der Waals surface area contributed by atoms with Gasteiger partial charge >= 0.3 is 0 Å². The molecular formula is C18H25N5O2S. The first-order chi connectivity index (χ1) is 12.5. The van der Waals surface area contributed by atoms with Crippen LogP contribution in [0.25, 0.3) is 0 Å². The number of rotatable bonds is 6. The van der Waals surface area contributed by atoms with E-state index in [9.17, 15) is 4.79 Å². The number of anilines is 1. The highest BCUT2D eigenvalue weighted by atomic mass is 32.1. The van der Waals surface area contributed by atoms with Crippen molar-refractivity contribution in [2.24, 2.45) is 0 Å². The number of ether oxygens (including phenoxy) is 1. The predicted molar refractivity (Wildman–Crippen MR) is 102 cm³/mol. The van der Waals surface area contributed by atoms with Crippen LogP contribution < -0.4 is 9.64 Å². The van der Waals surface area contributed by atoms with Crippen LogP contribution in [0.2, 0.25) is 0 Å². The van der Waals surface area contributed by atoms with E-state index in [2.05, 4.69) is 33.7 Å². The summed E-state index contributed by atoms with van der Waals surface area (Å²) in [6.45, 7) is 10.9. The molecule has 2 aromatic rings. The maximum Gasteiger partial charge on any atom is 0.265 e. The van der Waals surface area contributed by atoms with Crippen molar-refractivity contribution in [1.82, 2.24) is 19.9 Å². The van der Waals surface area contributed by atoms with Crippen molar-refractivity contribution in [1.29, 1.82) is 0 Å². The largest absolute Gasteiger partial charge is 0.470 e. The van der Waals surface area contributed by atoms with Gasteiger partial charge in [-0.25, -0.2) is 15.0 Å². The van der Waals surface area contributed by atoms with Crippen LogP contribution in [-0.4, -0.2) is 58.0 Å². The van der Waals surface area contributed by atoms with E-state index < -0.39 is 0 Å². The van der Waals surface area contributed by atoms with E-state index in [0.29, 0.717) is 19.0 Å². The number of thiazole rings is 1. The van der Waals surface area contributed by atoms with Crippen molar-refractivity contribution >= 4 is 23.1 Å². The van der Waals surface area contributed by atoms with Crippen molar-refractivity contribution < 1.29 is 9.53 Å². The Balaban J connectivity index is 1.69. The van der Waals surface area contributed by atoms with Gasteiger partial charge in [-0.2, -0.15) is 0 Å². The molecule has 0 saturated carbocycles. The minimum atomic E-state index is -0.0701. The summed E-state index contributed by atoms with van der Waals surface area (Å²) >= 11 is 1.45. The zero-order chi connectivity index (χ0) is 18.7. The Labute approximate surface area is 158 Å². The SMILES string of the molecule is CCN(CC)c1nccnc1OC1CCN(C(=O)c2sc(C)nc2C)C1. The average molecular weight is 375 g/mol. The van der Waals surface area contributed by atoms with Crippen molar-refractivity contribution in [3.63, 3.8) is 0 Å². The summed E-state index contributed by atoms with van der Waals surface area (Å²) in [5.74, 6) is 1.35. The number of carbonyl (C=O) groups is 1. The molecule has 1 aliphatic heterocycles. The van der Waals surface area contributed by atoms with Crippen molar-refractivity contribution in [2.75, 3.05) is 31.1 Å². The molecular weight excluding hydrogens is 350 g/mol. The number of aromatic nitrogens is 3. The molecule has 1 atom stereocenters. The van der Waals surface area contributed by atoms with Gasteiger partial charge in [-0.05, 0) is 27.7 Å². The monoisotopic (exact) mass is 375 g/mol. The van der Waals surface area contributed by atoms with Crippen LogP contribution in [0.15, 0.2) is 12.4 Å². The maximum atomic E-state index is 12.8. The second-order valence-electron chi connectivity index (χ2n) is 6.28. The quantitative estimate of drug-likeness (QED) is 0.773. The summed E-state index contributed by atoms with van der Waals surface area (Å²) in [5.41, 5.74) is 0.805. The summed E-state index contributed by atoms with van der Waals surface area (Å²) in [5, 5.41) is 0.918. The third-order valence-corrected chi connectivity index (χ3v) is 5.58. The van der Waals surface area contributed by atoms with Crippen LogP contribution in [0.1, 0.15) is 40.6 Å². The summed E-state index contributed by atoms with van der Waals surface area (Å²) in [7, 11) is 0. The fourth-order valence-electron chi connectivity index (χ4n) is 3.18. The van der Waals surface area contributed by atoms with Crippen LogP contribution in [0, 0.1) is 13.8 Å². The zero-order valence-corrected chi connectivity index (χ0v) is 16.5. The molecule has 1 amide bonds. The molecule has 7 nitrogen and oxygen atoms in total. The average Bonchev–Trinajstić information content (AvgIpc) is 3.23. The van der Waals surface area contributed by atoms with Gasteiger partial charge in [0.25, 0.3) is 11.8 Å². The highest BCUT2D eigenvalue weighted by Crippen LogP contribution is 2.27. The van der Waals surface area contributed by atoms with E-state index in [1.807, 2.05) is 18.7 Å². The third kappa shape index (κ3) is 3.80. The number of nitrogens with zero attached hydrogens (tertiary/aromatic N) is 5. The number of hydrogen-bond donors (Lipinski definition) is 0. The number of hydrogen-bond acceptors (Lipinski definition) is 7. The second kappa shape index (κ2) is 7.99. The summed E-state index contributed by atoms with van der Waals surface area (Å²) in [4.78, 5) is 30.6. The molecule has 1 aliphatic rings. The Kier molecular flexibility index (Phi) is 5.70. The minimum absolute atomic E-state index is 0.0438. The van der Waals surface area contributed by atoms with E-state index in [4.69, 9.17) is 4.74 Å². The molecule has 0 aliphatic carbocycles. The first-order valence-electron chi connectivity index (χ1n) is 8.99. The Morgan fingerprint density at radius 2 is 2.04 bits per heavy atom. The van der Waals surface area contributed by atoms with Crippen molar-refractivity contribution in [3.8, 4) is 5.88 Å². The van der Waals surface area contributed by atoms with Crippen molar-refractivity contribution in [3.05, 3.63) is 28.0 Å². The van der Waals surface area contributed by atoms with Gasteiger partial charge in [0.15, 0.2) is 5.82 Å². The standard InChI is InChI=1S/C18H25N5O2S/c1-5-22(6-2)16-17(20-9-8-19-16)25-14-7-10-23(11-14)18(24)15-12(3)21-13(4)26-15/h8-9,14H,5-7,10-11H2,1-4H3. The molecule has 3 rings (SSSR count). The van der Waals surface area contributed by atoms with Crippen LogP contribution in [0.5, 0.6) is 5.88 Å². The van der Waals surface area contributed by atoms with Gasteiger partial charge in [0.05, 0.1) is 17.2 Å². The highest BCUT2D eigenvalue weighted by Gasteiger charge is 2.31. The molecule has 1 fully saturated rings. The summed E-state index contributed by atoms with van der Waals surface area (Å²) in [6, 6.07) is 0. The molecule has 0 spiro atoms. The number of carbonyl (C=O) groups excluding carboxylic acids is 1. The summed E-state index contributed by atoms with van der Waals surface area (Å²) in [6.07, 6.45) is 4.04. The summed E-state index contributed by atoms with van der Waals surface area (Å²) < 4.78 is 6.12. The molecule has 3 heterocycles. The van der Waals surface area contributed by atoms with Gasteiger partial charge in [0.1, 0.15) is 11.0 Å². The highest BCUT2D eigenvalue weighted by molar-refractivity contribution is 7.13. The lowest BCUT2D eigenvalue weighted by molar-refractivity contribution is 0.0775. The normalized spacial score (nSPS) is 16.8. The fourth-order valence-corrected chi connectivity index (χ4v) is 4.07. The van der Waals surface area contributed by atoms with Gasteiger partial charge in [0, 0.05) is 38.4 Å². The molecule has 0 bridgehead atoms. The minimum Gasteiger partial charge on any atom is -0.470 e. The van der Waals surface area contributed by atoms with Crippen LogP contribution in [-0.2, 0) is 0 Å². The Bertz CT molecular complexity index is 775. The first-order valence-corrected chi connectivity index (χ1v) is 9.81. The van der Waals surface area contributed by atoms with E-state index in [-0.39, 0.29) is 12.0 Å². The van der Waals surface area contributed by atoms with E-state index in [1.54, 1.807) is 12.4 Å². The lowest BCUT2D eigenvalue weighted by Gasteiger charge is -2.23. The van der Waals surface area contributed by atoms with Crippen molar-refractivity contribution in [2.45, 2.75) is 40.2 Å². The Hall–Kier alpha value is -2.22. The van der Waals surface area contributed by atoms with E-state index >= 15 is 0 Å². The van der Waals surface area contributed by atoms with Gasteiger partial charge in [0.2, 0.25) is 0 Å². The Morgan fingerprint density at radius 3 is 2.69 bits per heavy atom. The molecule has 1 unspecified atom stereocenters. The number of amides is 1.